The molecule has 116 valence electrons. The smallest absolute Gasteiger partial charge is 0.351 e. The predicted molar refractivity (Wildman–Crippen MR) is 85.0 cm³/mol. The maximum Gasteiger partial charge on any atom is 0.417 e. The summed E-state index contributed by atoms with van der Waals surface area (Å²) < 4.78 is 39.2. The highest BCUT2D eigenvalue weighted by Crippen LogP contribution is 2.34. The van der Waals surface area contributed by atoms with Crippen LogP contribution in [0.25, 0.3) is 0 Å². The van der Waals surface area contributed by atoms with Crippen molar-refractivity contribution in [3.8, 4) is 0 Å². The van der Waals surface area contributed by atoms with Gasteiger partial charge in [0.15, 0.2) is 0 Å². The van der Waals surface area contributed by atoms with Crippen LogP contribution in [0.15, 0.2) is 22.7 Å². The summed E-state index contributed by atoms with van der Waals surface area (Å²) in [5, 5.41) is 2.87. The molecule has 1 unspecified atom stereocenters. The predicted octanol–water partition coefficient (Wildman–Crippen LogP) is 4.05. The van der Waals surface area contributed by atoms with Gasteiger partial charge in [0.1, 0.15) is 0 Å². The van der Waals surface area contributed by atoms with Crippen molar-refractivity contribution in [1.29, 1.82) is 0 Å². The summed E-state index contributed by atoms with van der Waals surface area (Å²) in [5.74, 6) is 2.33. The second-order valence-electron chi connectivity index (χ2n) is 4.47. The minimum Gasteiger partial charge on any atom is -0.351 e. The Hall–Kier alpha value is -0.340. The van der Waals surface area contributed by atoms with Crippen LogP contribution in [0.2, 0.25) is 0 Å². The Bertz CT molecular complexity index is 519. The van der Waals surface area contributed by atoms with Gasteiger partial charge < -0.3 is 5.32 Å². The van der Waals surface area contributed by atoms with Gasteiger partial charge in [0.2, 0.25) is 0 Å². The first-order valence-corrected chi connectivity index (χ1v) is 9.22. The Kier molecular flexibility index (Phi) is 5.90. The zero-order valence-corrected chi connectivity index (χ0v) is 14.1. The quantitative estimate of drug-likeness (QED) is 0.831. The largest absolute Gasteiger partial charge is 0.417 e. The Morgan fingerprint density at radius 1 is 1.38 bits per heavy atom. The molecule has 0 aromatic heterocycles. The number of nitrogens with one attached hydrogen (secondary N) is 1. The van der Waals surface area contributed by atoms with Crippen molar-refractivity contribution in [3.63, 3.8) is 0 Å². The highest BCUT2D eigenvalue weighted by atomic mass is 79.9. The maximum absolute atomic E-state index is 13.0. The summed E-state index contributed by atoms with van der Waals surface area (Å²) >= 11 is 6.55. The van der Waals surface area contributed by atoms with Gasteiger partial charge in [0.05, 0.1) is 11.1 Å². The first-order chi connectivity index (χ1) is 9.88. The summed E-state index contributed by atoms with van der Waals surface area (Å²) in [4.78, 5) is 12.0. The van der Waals surface area contributed by atoms with Gasteiger partial charge in [0.25, 0.3) is 5.91 Å². The highest BCUT2D eigenvalue weighted by molar-refractivity contribution is 9.10. The van der Waals surface area contributed by atoms with E-state index in [9.17, 15) is 18.0 Å². The van der Waals surface area contributed by atoms with Crippen molar-refractivity contribution in [1.82, 2.24) is 5.32 Å². The molecule has 0 spiro atoms. The molecule has 2 nitrogen and oxygen atoms in total. The Morgan fingerprint density at radius 2 is 2.14 bits per heavy atom. The van der Waals surface area contributed by atoms with Gasteiger partial charge in [-0.1, -0.05) is 15.9 Å². The van der Waals surface area contributed by atoms with Crippen LogP contribution in [0.4, 0.5) is 13.2 Å². The normalized spacial score (nSPS) is 19.3. The van der Waals surface area contributed by atoms with Gasteiger partial charge in [-0.3, -0.25) is 4.79 Å². The van der Waals surface area contributed by atoms with E-state index in [-0.39, 0.29) is 10.8 Å². The van der Waals surface area contributed by atoms with E-state index in [1.807, 2.05) is 0 Å². The molecule has 1 fully saturated rings. The van der Waals surface area contributed by atoms with E-state index < -0.39 is 17.6 Å². The summed E-state index contributed by atoms with van der Waals surface area (Å²) in [5.41, 5.74) is -1.25. The lowest BCUT2D eigenvalue weighted by Crippen LogP contribution is -2.34. The van der Waals surface area contributed by atoms with Crippen molar-refractivity contribution >= 4 is 45.4 Å². The van der Waals surface area contributed by atoms with E-state index in [4.69, 9.17) is 0 Å². The minimum absolute atomic E-state index is 0.262. The van der Waals surface area contributed by atoms with Crippen molar-refractivity contribution in [2.75, 3.05) is 23.8 Å². The zero-order valence-electron chi connectivity index (χ0n) is 10.9. The third-order valence-electron chi connectivity index (χ3n) is 2.91. The second kappa shape index (κ2) is 7.28. The lowest BCUT2D eigenvalue weighted by Gasteiger charge is -2.21. The number of alkyl halides is 3. The van der Waals surface area contributed by atoms with Crippen molar-refractivity contribution in [3.05, 3.63) is 33.8 Å². The number of carbonyl (C=O) groups excluding carboxylic acids is 1. The summed E-state index contributed by atoms with van der Waals surface area (Å²) in [6, 6.07) is 3.57. The molecule has 1 aromatic rings. The fourth-order valence-corrected chi connectivity index (χ4v) is 4.88. The van der Waals surface area contributed by atoms with Crippen molar-refractivity contribution in [2.45, 2.75) is 11.4 Å². The number of hydrogen-bond donors (Lipinski definition) is 1. The third kappa shape index (κ3) is 4.82. The van der Waals surface area contributed by atoms with Crippen molar-refractivity contribution < 1.29 is 18.0 Å². The summed E-state index contributed by atoms with van der Waals surface area (Å²) in [6.45, 7) is 0.393. The molecule has 21 heavy (non-hydrogen) atoms. The average molecular weight is 400 g/mol. The highest BCUT2D eigenvalue weighted by Gasteiger charge is 2.35. The molecule has 1 heterocycles. The van der Waals surface area contributed by atoms with Crippen LogP contribution >= 0.6 is 39.5 Å². The molecule has 8 heteroatoms. The SMILES string of the molecule is O=C(NCC1CSCCS1)c1ccc(Br)cc1C(F)(F)F. The van der Waals surface area contributed by atoms with E-state index in [1.165, 1.54) is 12.1 Å². The van der Waals surface area contributed by atoms with Gasteiger partial charge in [-0.05, 0) is 18.2 Å². The molecule has 0 saturated carbocycles. The van der Waals surface area contributed by atoms with E-state index in [2.05, 4.69) is 21.2 Å². The summed E-state index contributed by atoms with van der Waals surface area (Å²) in [7, 11) is 0. The van der Waals surface area contributed by atoms with E-state index >= 15 is 0 Å². The minimum atomic E-state index is -4.55. The fourth-order valence-electron chi connectivity index (χ4n) is 1.91. The van der Waals surface area contributed by atoms with E-state index in [0.29, 0.717) is 11.0 Å². The molecule has 1 N–H and O–H groups in total. The Labute approximate surface area is 137 Å². The Morgan fingerprint density at radius 3 is 2.76 bits per heavy atom. The van der Waals surface area contributed by atoms with E-state index in [0.717, 1.165) is 23.3 Å². The van der Waals surface area contributed by atoms with Crippen LogP contribution in [0.3, 0.4) is 0 Å². The first kappa shape index (κ1) is 17.0. The number of thioether (sulfide) groups is 2. The molecular weight excluding hydrogens is 387 g/mol. The monoisotopic (exact) mass is 399 g/mol. The molecule has 2 rings (SSSR count). The first-order valence-electron chi connectivity index (χ1n) is 6.22. The number of halogens is 4. The van der Waals surface area contributed by atoms with Gasteiger partial charge in [0, 0.05) is 33.5 Å². The van der Waals surface area contributed by atoms with Crippen LogP contribution in [0.5, 0.6) is 0 Å². The van der Waals surface area contributed by atoms with Gasteiger partial charge >= 0.3 is 6.18 Å². The van der Waals surface area contributed by atoms with Crippen LogP contribution in [-0.4, -0.2) is 35.0 Å². The van der Waals surface area contributed by atoms with Gasteiger partial charge in [-0.25, -0.2) is 0 Å². The molecule has 1 aliphatic rings. The fraction of sp³-hybridized carbons (Fsp3) is 0.462. The number of amides is 1. The molecule has 1 saturated heterocycles. The molecule has 1 aliphatic heterocycles. The molecule has 1 atom stereocenters. The van der Waals surface area contributed by atoms with Crippen LogP contribution in [0, 0.1) is 0 Å². The molecule has 0 bridgehead atoms. The number of rotatable bonds is 3. The summed E-state index contributed by atoms with van der Waals surface area (Å²) in [6.07, 6.45) is -4.55. The Balaban J connectivity index is 2.08. The van der Waals surface area contributed by atoms with Crippen molar-refractivity contribution in [2.24, 2.45) is 0 Å². The second-order valence-corrected chi connectivity index (χ2v) is 7.94. The lowest BCUT2D eigenvalue weighted by atomic mass is 10.1. The number of carbonyl (C=O) groups is 1. The lowest BCUT2D eigenvalue weighted by molar-refractivity contribution is -0.138. The zero-order chi connectivity index (χ0) is 15.5. The van der Waals surface area contributed by atoms with Crippen LogP contribution < -0.4 is 5.32 Å². The molecule has 0 aliphatic carbocycles. The van der Waals surface area contributed by atoms with Gasteiger partial charge in [-0.15, -0.1) is 0 Å². The molecular formula is C13H13BrF3NOS2. The number of benzene rings is 1. The molecule has 0 radical (unpaired) electrons. The van der Waals surface area contributed by atoms with E-state index in [1.54, 1.807) is 23.5 Å². The van der Waals surface area contributed by atoms with Crippen LogP contribution in [-0.2, 0) is 6.18 Å². The molecule has 1 amide bonds. The number of hydrogen-bond acceptors (Lipinski definition) is 3. The maximum atomic E-state index is 13.0. The molecule has 1 aromatic carbocycles. The van der Waals surface area contributed by atoms with Gasteiger partial charge in [-0.2, -0.15) is 36.7 Å². The van der Waals surface area contributed by atoms with Crippen LogP contribution in [0.1, 0.15) is 15.9 Å². The average Bonchev–Trinajstić information content (AvgIpc) is 2.45. The third-order valence-corrected chi connectivity index (χ3v) is 6.25. The standard InChI is InChI=1S/C13H13BrF3NOS2/c14-8-1-2-10(11(5-8)13(15,16)17)12(19)18-6-9-7-20-3-4-21-9/h1-2,5,9H,3-4,6-7H2,(H,18,19). The topological polar surface area (TPSA) is 29.1 Å².